The predicted octanol–water partition coefficient (Wildman–Crippen LogP) is 1.66. The second kappa shape index (κ2) is 7.25. The van der Waals surface area contributed by atoms with Gasteiger partial charge in [0.1, 0.15) is 0 Å². The van der Waals surface area contributed by atoms with Gasteiger partial charge in [-0.1, -0.05) is 18.2 Å². The Morgan fingerprint density at radius 3 is 2.75 bits per heavy atom. The fourth-order valence-corrected chi connectivity index (χ4v) is 1.72. The first-order chi connectivity index (χ1) is 7.79. The average molecular weight is 222 g/mol. The van der Waals surface area contributed by atoms with Gasteiger partial charge in [-0.3, -0.25) is 0 Å². The van der Waals surface area contributed by atoms with Crippen LogP contribution < -0.4 is 10.6 Å². The third-order valence-corrected chi connectivity index (χ3v) is 2.59. The summed E-state index contributed by atoms with van der Waals surface area (Å²) in [4.78, 5) is 2.22. The molecule has 0 spiro atoms. The maximum Gasteiger partial charge on any atom is 0.0641 e. The van der Waals surface area contributed by atoms with Crippen LogP contribution in [-0.2, 0) is 11.2 Å². The standard InChI is InChI=1S/C13H22N2O/c1-3-16-11-10-15(2)13-7-5-4-6-12(13)8-9-14/h4-7H,3,8-11,14H2,1-2H3. The molecule has 0 atom stereocenters. The normalized spacial score (nSPS) is 10.4. The zero-order valence-corrected chi connectivity index (χ0v) is 10.3. The second-order valence-electron chi connectivity index (χ2n) is 3.79. The molecule has 0 fully saturated rings. The Hall–Kier alpha value is -1.06. The fraction of sp³-hybridized carbons (Fsp3) is 0.538. The number of hydrogen-bond donors (Lipinski definition) is 1. The maximum absolute atomic E-state index is 5.61. The quantitative estimate of drug-likeness (QED) is 0.713. The van der Waals surface area contributed by atoms with Crippen molar-refractivity contribution < 1.29 is 4.74 Å². The average Bonchev–Trinajstić information content (AvgIpc) is 2.30. The van der Waals surface area contributed by atoms with E-state index in [4.69, 9.17) is 10.5 Å². The lowest BCUT2D eigenvalue weighted by Gasteiger charge is -2.22. The maximum atomic E-state index is 5.61. The Morgan fingerprint density at radius 1 is 1.31 bits per heavy atom. The number of hydrogen-bond acceptors (Lipinski definition) is 3. The summed E-state index contributed by atoms with van der Waals surface area (Å²) in [5.41, 5.74) is 8.17. The van der Waals surface area contributed by atoms with Crippen molar-refractivity contribution in [1.82, 2.24) is 0 Å². The zero-order valence-electron chi connectivity index (χ0n) is 10.3. The summed E-state index contributed by atoms with van der Waals surface area (Å²) in [7, 11) is 2.09. The van der Waals surface area contributed by atoms with Gasteiger partial charge in [0, 0.05) is 25.9 Å². The number of nitrogens with two attached hydrogens (primary N) is 1. The summed E-state index contributed by atoms with van der Waals surface area (Å²) < 4.78 is 5.36. The molecule has 0 saturated heterocycles. The monoisotopic (exact) mass is 222 g/mol. The van der Waals surface area contributed by atoms with Crippen LogP contribution in [0.5, 0.6) is 0 Å². The van der Waals surface area contributed by atoms with Gasteiger partial charge < -0.3 is 15.4 Å². The summed E-state index contributed by atoms with van der Waals surface area (Å²) in [6.45, 7) is 5.16. The highest BCUT2D eigenvalue weighted by Gasteiger charge is 2.05. The Kier molecular flexibility index (Phi) is 5.90. The third-order valence-electron chi connectivity index (χ3n) is 2.59. The minimum Gasteiger partial charge on any atom is -0.380 e. The van der Waals surface area contributed by atoms with Gasteiger partial charge >= 0.3 is 0 Å². The molecule has 0 bridgehead atoms. The Morgan fingerprint density at radius 2 is 2.06 bits per heavy atom. The largest absolute Gasteiger partial charge is 0.380 e. The molecule has 0 radical (unpaired) electrons. The molecule has 0 aliphatic heterocycles. The first-order valence-corrected chi connectivity index (χ1v) is 5.86. The minimum atomic E-state index is 0.691. The first kappa shape index (κ1) is 13.0. The van der Waals surface area contributed by atoms with Crippen molar-refractivity contribution >= 4 is 5.69 Å². The molecule has 0 amide bonds. The molecular weight excluding hydrogens is 200 g/mol. The van der Waals surface area contributed by atoms with E-state index in [1.807, 2.05) is 6.92 Å². The lowest BCUT2D eigenvalue weighted by atomic mass is 10.1. The summed E-state index contributed by atoms with van der Waals surface area (Å²) in [6, 6.07) is 8.40. The van der Waals surface area contributed by atoms with Crippen molar-refractivity contribution in [3.05, 3.63) is 29.8 Å². The van der Waals surface area contributed by atoms with Crippen molar-refractivity contribution in [2.75, 3.05) is 38.3 Å². The zero-order chi connectivity index (χ0) is 11.8. The lowest BCUT2D eigenvalue weighted by molar-refractivity contribution is 0.154. The van der Waals surface area contributed by atoms with E-state index in [2.05, 4.69) is 36.2 Å². The highest BCUT2D eigenvalue weighted by Crippen LogP contribution is 2.18. The molecule has 2 N–H and O–H groups in total. The van der Waals surface area contributed by atoms with Gasteiger partial charge in [0.2, 0.25) is 0 Å². The van der Waals surface area contributed by atoms with Gasteiger partial charge in [-0.15, -0.1) is 0 Å². The molecule has 0 aliphatic carbocycles. The van der Waals surface area contributed by atoms with Crippen LogP contribution in [-0.4, -0.2) is 33.4 Å². The molecule has 1 rings (SSSR count). The molecule has 1 aromatic carbocycles. The topological polar surface area (TPSA) is 38.5 Å². The molecule has 90 valence electrons. The van der Waals surface area contributed by atoms with Gasteiger partial charge in [0.25, 0.3) is 0 Å². The minimum absolute atomic E-state index is 0.691. The number of para-hydroxylation sites is 1. The highest BCUT2D eigenvalue weighted by atomic mass is 16.5. The van der Waals surface area contributed by atoms with Crippen LogP contribution in [0.4, 0.5) is 5.69 Å². The van der Waals surface area contributed by atoms with Crippen molar-refractivity contribution in [2.45, 2.75) is 13.3 Å². The lowest BCUT2D eigenvalue weighted by Crippen LogP contribution is -2.24. The smallest absolute Gasteiger partial charge is 0.0641 e. The summed E-state index contributed by atoms with van der Waals surface area (Å²) in [5, 5.41) is 0. The number of anilines is 1. The van der Waals surface area contributed by atoms with E-state index in [0.717, 1.165) is 26.2 Å². The van der Waals surface area contributed by atoms with Crippen molar-refractivity contribution in [3.8, 4) is 0 Å². The van der Waals surface area contributed by atoms with Gasteiger partial charge in [0.05, 0.1) is 6.61 Å². The van der Waals surface area contributed by atoms with Crippen molar-refractivity contribution in [2.24, 2.45) is 5.73 Å². The highest BCUT2D eigenvalue weighted by molar-refractivity contribution is 5.53. The Labute approximate surface area is 98.2 Å². The summed E-state index contributed by atoms with van der Waals surface area (Å²) in [6.07, 6.45) is 0.926. The van der Waals surface area contributed by atoms with Crippen LogP contribution in [0.25, 0.3) is 0 Å². The predicted molar refractivity (Wildman–Crippen MR) is 69.0 cm³/mol. The number of nitrogens with zero attached hydrogens (tertiary/aromatic N) is 1. The van der Waals surface area contributed by atoms with Gasteiger partial charge in [0.15, 0.2) is 0 Å². The number of likely N-dealkylation sites (N-methyl/N-ethyl adjacent to an activating group) is 1. The van der Waals surface area contributed by atoms with Crippen LogP contribution in [0, 0.1) is 0 Å². The first-order valence-electron chi connectivity index (χ1n) is 5.86. The van der Waals surface area contributed by atoms with E-state index in [9.17, 15) is 0 Å². The van der Waals surface area contributed by atoms with E-state index >= 15 is 0 Å². The van der Waals surface area contributed by atoms with E-state index < -0.39 is 0 Å². The summed E-state index contributed by atoms with van der Waals surface area (Å²) >= 11 is 0. The fourth-order valence-electron chi connectivity index (χ4n) is 1.72. The second-order valence-corrected chi connectivity index (χ2v) is 3.79. The molecule has 0 unspecified atom stereocenters. The van der Waals surface area contributed by atoms with Crippen LogP contribution in [0.2, 0.25) is 0 Å². The van der Waals surface area contributed by atoms with Crippen LogP contribution in [0.3, 0.4) is 0 Å². The molecular formula is C13H22N2O. The molecule has 16 heavy (non-hydrogen) atoms. The molecule has 3 heteroatoms. The van der Waals surface area contributed by atoms with Gasteiger partial charge in [-0.05, 0) is 31.5 Å². The summed E-state index contributed by atoms with van der Waals surface area (Å²) in [5.74, 6) is 0. The molecule has 0 heterocycles. The van der Waals surface area contributed by atoms with E-state index in [0.29, 0.717) is 6.54 Å². The molecule has 3 nitrogen and oxygen atoms in total. The number of benzene rings is 1. The molecule has 0 aliphatic rings. The van der Waals surface area contributed by atoms with Gasteiger partial charge in [-0.25, -0.2) is 0 Å². The van der Waals surface area contributed by atoms with E-state index in [1.54, 1.807) is 0 Å². The van der Waals surface area contributed by atoms with E-state index in [-0.39, 0.29) is 0 Å². The Bertz CT molecular complexity index is 302. The molecule has 0 saturated carbocycles. The number of rotatable bonds is 7. The van der Waals surface area contributed by atoms with Crippen LogP contribution >= 0.6 is 0 Å². The SMILES string of the molecule is CCOCCN(C)c1ccccc1CCN. The molecule has 1 aromatic rings. The van der Waals surface area contributed by atoms with Crippen molar-refractivity contribution in [1.29, 1.82) is 0 Å². The molecule has 0 aromatic heterocycles. The number of ether oxygens (including phenoxy) is 1. The van der Waals surface area contributed by atoms with Crippen molar-refractivity contribution in [3.63, 3.8) is 0 Å². The van der Waals surface area contributed by atoms with E-state index in [1.165, 1.54) is 11.3 Å². The van der Waals surface area contributed by atoms with Gasteiger partial charge in [-0.2, -0.15) is 0 Å². The third kappa shape index (κ3) is 3.83. The Balaban J connectivity index is 2.62. The van der Waals surface area contributed by atoms with Crippen LogP contribution in [0.15, 0.2) is 24.3 Å². The van der Waals surface area contributed by atoms with Crippen LogP contribution in [0.1, 0.15) is 12.5 Å².